The van der Waals surface area contributed by atoms with E-state index < -0.39 is 67.3 Å². The fourth-order valence-electron chi connectivity index (χ4n) is 7.13. The maximum Gasteiger partial charge on any atom is 0.254 e. The maximum atomic E-state index is 13.7. The van der Waals surface area contributed by atoms with E-state index in [1.54, 1.807) is 12.1 Å². The Kier molecular flexibility index (Phi) is 27.4. The van der Waals surface area contributed by atoms with Crippen molar-refractivity contribution in [3.63, 3.8) is 0 Å². The molecule has 0 radical (unpaired) electrons. The quantitative estimate of drug-likeness (QED) is 0.0416. The van der Waals surface area contributed by atoms with Crippen LogP contribution in [0.25, 0.3) is 0 Å². The van der Waals surface area contributed by atoms with Gasteiger partial charge in [-0.1, -0.05) is 141 Å². The van der Waals surface area contributed by atoms with Crippen LogP contribution in [0.4, 0.5) is 4.39 Å². The fourth-order valence-corrected chi connectivity index (χ4v) is 7.13. The molecule has 1 aromatic rings. The van der Waals surface area contributed by atoms with E-state index >= 15 is 0 Å². The summed E-state index contributed by atoms with van der Waals surface area (Å²) in [7, 11) is 0. The van der Waals surface area contributed by atoms with Crippen molar-refractivity contribution in [3.8, 4) is 0 Å². The highest BCUT2D eigenvalue weighted by molar-refractivity contribution is 5.94. The van der Waals surface area contributed by atoms with E-state index in [4.69, 9.17) is 9.47 Å². The highest BCUT2D eigenvalue weighted by Crippen LogP contribution is 2.23. The van der Waals surface area contributed by atoms with E-state index in [1.165, 1.54) is 63.5 Å². The number of halogens is 1. The predicted molar refractivity (Wildman–Crippen MR) is 214 cm³/mol. The average Bonchev–Trinajstić information content (AvgIpc) is 3.19. The molecule has 1 aliphatic heterocycles. The number of aliphatic hydroxyl groups excluding tert-OH is 6. The van der Waals surface area contributed by atoms with Crippen LogP contribution in [0.2, 0.25) is 0 Å². The van der Waals surface area contributed by atoms with Crippen LogP contribution in [-0.2, 0) is 14.3 Å². The number of hydrogen-bond donors (Lipinski definition) is 8. The molecule has 12 nitrogen and oxygen atoms in total. The Hall–Kier alpha value is -2.23. The van der Waals surface area contributed by atoms with Crippen molar-refractivity contribution in [2.24, 2.45) is 0 Å². The predicted octanol–water partition coefficient (Wildman–Crippen LogP) is 5.57. The third-order valence-corrected chi connectivity index (χ3v) is 10.8. The lowest BCUT2D eigenvalue weighted by atomic mass is 9.98. The largest absolute Gasteiger partial charge is 0.394 e. The lowest BCUT2D eigenvalue weighted by Gasteiger charge is -2.40. The van der Waals surface area contributed by atoms with Crippen LogP contribution in [0, 0.1) is 5.82 Å². The number of benzene rings is 1. The van der Waals surface area contributed by atoms with Gasteiger partial charge in [0.1, 0.15) is 36.3 Å². The highest BCUT2D eigenvalue weighted by Gasteiger charge is 2.44. The Balaban J connectivity index is 1.68. The fraction of sp³-hybridized carbons (Fsp3) is 0.814. The number of aliphatic hydroxyl groups is 6. The summed E-state index contributed by atoms with van der Waals surface area (Å²) in [5.41, 5.74) is 0.0576. The zero-order valence-corrected chi connectivity index (χ0v) is 34.0. The van der Waals surface area contributed by atoms with Gasteiger partial charge in [-0.2, -0.15) is 0 Å². The minimum Gasteiger partial charge on any atom is -0.394 e. The van der Waals surface area contributed by atoms with Crippen molar-refractivity contribution < 1.29 is 54.1 Å². The van der Waals surface area contributed by atoms with E-state index in [2.05, 4.69) is 17.6 Å². The standard InChI is InChI=1S/C43H75FN2O10/c1-2-3-4-5-6-7-8-9-11-14-17-20-27-35(48)38(50)34(31-55-43-41(53)40(52)39(51)36(30-47)56-43)46-37(49)28-21-18-15-12-10-13-16-19-24-29-45-42(54)32-25-22-23-26-33(32)44/h22-23,25-26,34-36,38-41,43,47-48,50-53H,2-21,24,27-31H2,1H3,(H,45,54)(H,46,49)/t34-,35+,36+,38-,39-,40-,41+,43-/m0/s1. The molecule has 0 saturated carbocycles. The molecule has 56 heavy (non-hydrogen) atoms. The van der Waals surface area contributed by atoms with Crippen LogP contribution in [0.15, 0.2) is 24.3 Å². The Labute approximate surface area is 335 Å². The number of carbonyl (C=O) groups excluding carboxylic acids is 2. The van der Waals surface area contributed by atoms with Crippen LogP contribution in [-0.4, -0.2) is 111 Å². The van der Waals surface area contributed by atoms with Gasteiger partial charge in [-0.05, 0) is 31.4 Å². The van der Waals surface area contributed by atoms with E-state index in [1.807, 2.05) is 0 Å². The van der Waals surface area contributed by atoms with Gasteiger partial charge in [-0.3, -0.25) is 9.59 Å². The minimum absolute atomic E-state index is 0.0576. The third kappa shape index (κ3) is 20.5. The molecule has 0 aromatic heterocycles. The average molecular weight is 799 g/mol. The second kappa shape index (κ2) is 30.8. The van der Waals surface area contributed by atoms with Crippen molar-refractivity contribution in [1.29, 1.82) is 0 Å². The summed E-state index contributed by atoms with van der Waals surface area (Å²) in [6.07, 6.45) is 13.2. The van der Waals surface area contributed by atoms with E-state index in [9.17, 15) is 44.6 Å². The number of rotatable bonds is 33. The monoisotopic (exact) mass is 799 g/mol. The van der Waals surface area contributed by atoms with Gasteiger partial charge in [0.15, 0.2) is 6.29 Å². The van der Waals surface area contributed by atoms with Gasteiger partial charge in [0, 0.05) is 13.0 Å². The lowest BCUT2D eigenvalue weighted by Crippen LogP contribution is -2.60. The van der Waals surface area contributed by atoms with Gasteiger partial charge in [0.2, 0.25) is 5.91 Å². The first-order valence-corrected chi connectivity index (χ1v) is 21.7. The SMILES string of the molecule is CCCCCCCCCCCCCC[C@@H](O)[C@@H](O)[C@H](CO[C@H]1O[C@H](CO)[C@H](O)[C@H](O)[C@H]1O)NC(=O)CCCCCCCCCCCNC(=O)c1ccccc1F. The van der Waals surface area contributed by atoms with Gasteiger partial charge in [0.05, 0.1) is 30.9 Å². The molecule has 8 N–H and O–H groups in total. The Bertz CT molecular complexity index is 1160. The van der Waals surface area contributed by atoms with E-state index in [0.29, 0.717) is 19.4 Å². The number of hydrogen-bond acceptors (Lipinski definition) is 10. The number of unbranched alkanes of at least 4 members (excludes halogenated alkanes) is 19. The van der Waals surface area contributed by atoms with Crippen molar-refractivity contribution in [2.45, 2.75) is 204 Å². The number of carbonyl (C=O) groups is 2. The van der Waals surface area contributed by atoms with Gasteiger partial charge >= 0.3 is 0 Å². The molecule has 2 rings (SSSR count). The molecular formula is C43H75FN2O10. The van der Waals surface area contributed by atoms with Crippen LogP contribution in [0.1, 0.15) is 165 Å². The summed E-state index contributed by atoms with van der Waals surface area (Å²) in [5, 5.41) is 67.7. The van der Waals surface area contributed by atoms with Crippen molar-refractivity contribution in [2.75, 3.05) is 19.8 Å². The first-order chi connectivity index (χ1) is 27.1. The zero-order valence-electron chi connectivity index (χ0n) is 34.0. The lowest BCUT2D eigenvalue weighted by molar-refractivity contribution is -0.303. The smallest absolute Gasteiger partial charge is 0.254 e. The summed E-state index contributed by atoms with van der Waals surface area (Å²) >= 11 is 0. The molecule has 1 fully saturated rings. The van der Waals surface area contributed by atoms with Crippen LogP contribution in [0.5, 0.6) is 0 Å². The third-order valence-electron chi connectivity index (χ3n) is 10.8. The number of amides is 2. The Morgan fingerprint density at radius 2 is 1.29 bits per heavy atom. The molecule has 1 heterocycles. The first kappa shape index (κ1) is 49.9. The Morgan fingerprint density at radius 1 is 0.750 bits per heavy atom. The summed E-state index contributed by atoms with van der Waals surface area (Å²) in [4.78, 5) is 25.1. The normalized spacial score (nSPS) is 21.4. The van der Waals surface area contributed by atoms with Gasteiger partial charge in [-0.25, -0.2) is 4.39 Å². The molecule has 0 bridgehead atoms. The maximum absolute atomic E-state index is 13.7. The van der Waals surface area contributed by atoms with Gasteiger partial charge < -0.3 is 50.7 Å². The molecule has 324 valence electrons. The molecule has 0 spiro atoms. The number of nitrogens with one attached hydrogen (secondary N) is 2. The van der Waals surface area contributed by atoms with E-state index in [-0.39, 0.29) is 24.5 Å². The summed E-state index contributed by atoms with van der Waals surface area (Å²) in [6, 6.07) is 4.90. The molecule has 1 saturated heterocycles. The second-order valence-electron chi connectivity index (χ2n) is 15.6. The second-order valence-corrected chi connectivity index (χ2v) is 15.6. The van der Waals surface area contributed by atoms with E-state index in [0.717, 1.165) is 77.0 Å². The van der Waals surface area contributed by atoms with Crippen LogP contribution < -0.4 is 10.6 Å². The Morgan fingerprint density at radius 3 is 1.86 bits per heavy atom. The summed E-state index contributed by atoms with van der Waals surface area (Å²) in [5.74, 6) is -1.23. The minimum atomic E-state index is -1.63. The molecule has 1 aliphatic rings. The zero-order chi connectivity index (χ0) is 41.0. The van der Waals surface area contributed by atoms with Crippen molar-refractivity contribution in [3.05, 3.63) is 35.6 Å². The van der Waals surface area contributed by atoms with Crippen LogP contribution in [0.3, 0.4) is 0 Å². The molecule has 0 aliphatic carbocycles. The molecular weight excluding hydrogens is 723 g/mol. The first-order valence-electron chi connectivity index (χ1n) is 21.7. The summed E-state index contributed by atoms with van der Waals surface area (Å²) < 4.78 is 24.8. The molecule has 0 unspecified atom stereocenters. The van der Waals surface area contributed by atoms with Crippen molar-refractivity contribution >= 4 is 11.8 Å². The van der Waals surface area contributed by atoms with Crippen molar-refractivity contribution in [1.82, 2.24) is 10.6 Å². The van der Waals surface area contributed by atoms with Gasteiger partial charge in [0.25, 0.3) is 5.91 Å². The highest BCUT2D eigenvalue weighted by atomic mass is 19.1. The van der Waals surface area contributed by atoms with Gasteiger partial charge in [-0.15, -0.1) is 0 Å². The summed E-state index contributed by atoms with van der Waals surface area (Å²) in [6.45, 7) is 1.77. The molecule has 8 atom stereocenters. The molecule has 2 amide bonds. The topological polar surface area (TPSA) is 198 Å². The van der Waals surface area contributed by atoms with Crippen LogP contribution >= 0.6 is 0 Å². The molecule has 13 heteroatoms. The number of ether oxygens (including phenoxy) is 2. The molecule has 1 aromatic carbocycles.